The molecule has 0 atom stereocenters. The van der Waals surface area contributed by atoms with E-state index in [9.17, 15) is 13.2 Å². The zero-order valence-electron chi connectivity index (χ0n) is 16.5. The Kier molecular flexibility index (Phi) is 5.08. The van der Waals surface area contributed by atoms with Crippen molar-refractivity contribution >= 4 is 26.5 Å². The summed E-state index contributed by atoms with van der Waals surface area (Å²) in [5.74, 6) is 1.25. The van der Waals surface area contributed by atoms with E-state index in [1.165, 1.54) is 12.8 Å². The molecule has 4 rings (SSSR count). The van der Waals surface area contributed by atoms with Crippen LogP contribution in [-0.2, 0) is 17.1 Å². The van der Waals surface area contributed by atoms with Gasteiger partial charge < -0.3 is 9.30 Å². The number of hydrogen-bond acceptors (Lipinski definition) is 4. The second kappa shape index (κ2) is 7.55. The number of aryl methyl sites for hydroxylation is 1. The van der Waals surface area contributed by atoms with Crippen molar-refractivity contribution in [2.24, 2.45) is 13.0 Å². The molecule has 3 aromatic rings. The fourth-order valence-corrected chi connectivity index (χ4v) is 3.94. The van der Waals surface area contributed by atoms with Gasteiger partial charge in [0.25, 0.3) is 5.56 Å². The van der Waals surface area contributed by atoms with E-state index in [-0.39, 0.29) is 11.3 Å². The molecular formula is C22H24N2O4S. The van der Waals surface area contributed by atoms with Crippen LogP contribution in [0.15, 0.2) is 53.5 Å². The molecule has 1 saturated carbocycles. The molecule has 29 heavy (non-hydrogen) atoms. The van der Waals surface area contributed by atoms with Crippen LogP contribution in [0.2, 0.25) is 0 Å². The minimum atomic E-state index is -3.40. The summed E-state index contributed by atoms with van der Waals surface area (Å²) in [4.78, 5) is 12.6. The molecule has 7 heteroatoms. The normalized spacial score (nSPS) is 14.1. The number of benzene rings is 2. The van der Waals surface area contributed by atoms with Gasteiger partial charge >= 0.3 is 0 Å². The Labute approximate surface area is 170 Å². The molecule has 6 nitrogen and oxygen atoms in total. The Morgan fingerprint density at radius 2 is 1.83 bits per heavy atom. The van der Waals surface area contributed by atoms with Crippen LogP contribution in [0.1, 0.15) is 19.8 Å². The number of nitrogens with one attached hydrogen (secondary N) is 1. The van der Waals surface area contributed by atoms with Gasteiger partial charge in [0.1, 0.15) is 5.75 Å². The van der Waals surface area contributed by atoms with Crippen molar-refractivity contribution in [1.82, 2.24) is 4.57 Å². The molecule has 0 saturated heterocycles. The monoisotopic (exact) mass is 412 g/mol. The van der Waals surface area contributed by atoms with E-state index in [4.69, 9.17) is 4.74 Å². The number of rotatable bonds is 7. The number of aromatic nitrogens is 1. The van der Waals surface area contributed by atoms with Gasteiger partial charge in [0, 0.05) is 35.4 Å². The van der Waals surface area contributed by atoms with Crippen LogP contribution in [-0.4, -0.2) is 25.3 Å². The highest BCUT2D eigenvalue weighted by Crippen LogP contribution is 2.38. The van der Waals surface area contributed by atoms with Crippen LogP contribution in [0.5, 0.6) is 5.75 Å². The Hall–Kier alpha value is -2.80. The maximum absolute atomic E-state index is 12.6. The van der Waals surface area contributed by atoms with Crippen molar-refractivity contribution in [1.29, 1.82) is 0 Å². The van der Waals surface area contributed by atoms with E-state index < -0.39 is 10.0 Å². The molecule has 152 valence electrons. The van der Waals surface area contributed by atoms with E-state index >= 15 is 0 Å². The van der Waals surface area contributed by atoms with Crippen molar-refractivity contribution < 1.29 is 13.2 Å². The number of anilines is 1. The third kappa shape index (κ3) is 4.15. The van der Waals surface area contributed by atoms with Gasteiger partial charge in [-0.25, -0.2) is 8.42 Å². The highest BCUT2D eigenvalue weighted by atomic mass is 32.2. The summed E-state index contributed by atoms with van der Waals surface area (Å²) in [6.45, 7) is 2.23. The van der Waals surface area contributed by atoms with Crippen LogP contribution in [0.3, 0.4) is 0 Å². The zero-order valence-corrected chi connectivity index (χ0v) is 17.3. The van der Waals surface area contributed by atoms with E-state index in [0.717, 1.165) is 16.5 Å². The number of pyridine rings is 1. The molecule has 2 aromatic carbocycles. The topological polar surface area (TPSA) is 77.4 Å². The molecule has 0 aliphatic heterocycles. The largest absolute Gasteiger partial charge is 0.493 e. The van der Waals surface area contributed by atoms with E-state index in [1.54, 1.807) is 49.0 Å². The summed E-state index contributed by atoms with van der Waals surface area (Å²) in [6.07, 6.45) is 4.13. The second-order valence-corrected chi connectivity index (χ2v) is 9.49. The Bertz CT molecular complexity index is 1230. The predicted octanol–water partition coefficient (Wildman–Crippen LogP) is 3.76. The Balaban J connectivity index is 1.89. The van der Waals surface area contributed by atoms with Crippen molar-refractivity contribution in [3.8, 4) is 16.9 Å². The average molecular weight is 413 g/mol. The number of sulfonamides is 1. The average Bonchev–Trinajstić information content (AvgIpc) is 3.54. The van der Waals surface area contributed by atoms with Crippen molar-refractivity contribution in [2.45, 2.75) is 19.8 Å². The first-order valence-corrected chi connectivity index (χ1v) is 11.4. The predicted molar refractivity (Wildman–Crippen MR) is 116 cm³/mol. The Morgan fingerprint density at radius 1 is 1.10 bits per heavy atom. The van der Waals surface area contributed by atoms with Crippen LogP contribution in [0.4, 0.5) is 5.69 Å². The quantitative estimate of drug-likeness (QED) is 0.641. The fraction of sp³-hybridized carbons (Fsp3) is 0.318. The van der Waals surface area contributed by atoms with Gasteiger partial charge in [-0.15, -0.1) is 0 Å². The molecule has 0 bridgehead atoms. The number of nitrogens with zero attached hydrogens (tertiary/aromatic N) is 1. The van der Waals surface area contributed by atoms with Crippen molar-refractivity contribution in [3.63, 3.8) is 0 Å². The first-order chi connectivity index (χ1) is 13.9. The van der Waals surface area contributed by atoms with Gasteiger partial charge in [-0.1, -0.05) is 18.2 Å². The van der Waals surface area contributed by atoms with Gasteiger partial charge in [-0.05, 0) is 55.3 Å². The molecule has 0 spiro atoms. The molecule has 0 unspecified atom stereocenters. The molecule has 1 heterocycles. The minimum absolute atomic E-state index is 0.00889. The van der Waals surface area contributed by atoms with E-state index in [0.29, 0.717) is 29.3 Å². The minimum Gasteiger partial charge on any atom is -0.493 e. The van der Waals surface area contributed by atoms with Gasteiger partial charge in [0.2, 0.25) is 10.0 Å². The standard InChI is InChI=1S/C22H24N2O4S/c1-3-29(26,27)23-16-10-11-21(28-14-15-8-9-15)19(12-16)20-13-24(2)22(25)18-7-5-4-6-17(18)20/h4-7,10-13,15,23H,3,8-9,14H2,1-2H3. The summed E-state index contributed by atoms with van der Waals surface area (Å²) in [5, 5.41) is 1.42. The lowest BCUT2D eigenvalue weighted by molar-refractivity contribution is 0.301. The summed E-state index contributed by atoms with van der Waals surface area (Å²) in [7, 11) is -1.69. The molecule has 1 aromatic heterocycles. The SMILES string of the molecule is CCS(=O)(=O)Nc1ccc(OCC2CC2)c(-c2cn(C)c(=O)c3ccccc23)c1. The summed E-state index contributed by atoms with van der Waals surface area (Å²) < 4.78 is 34.3. The van der Waals surface area contributed by atoms with Crippen LogP contribution < -0.4 is 15.0 Å². The number of ether oxygens (including phenoxy) is 1. The van der Waals surface area contributed by atoms with E-state index in [1.807, 2.05) is 18.2 Å². The van der Waals surface area contributed by atoms with Gasteiger partial charge in [0.05, 0.1) is 12.4 Å². The lowest BCUT2D eigenvalue weighted by Crippen LogP contribution is -2.17. The highest BCUT2D eigenvalue weighted by Gasteiger charge is 2.23. The lowest BCUT2D eigenvalue weighted by Gasteiger charge is -2.16. The van der Waals surface area contributed by atoms with Crippen LogP contribution in [0.25, 0.3) is 21.9 Å². The third-order valence-corrected chi connectivity index (χ3v) is 6.49. The maximum Gasteiger partial charge on any atom is 0.258 e. The third-order valence-electron chi connectivity index (χ3n) is 5.19. The van der Waals surface area contributed by atoms with Crippen molar-refractivity contribution in [2.75, 3.05) is 17.1 Å². The molecule has 1 fully saturated rings. The molecule has 1 N–H and O–H groups in total. The molecule has 0 radical (unpaired) electrons. The molecular weight excluding hydrogens is 388 g/mol. The number of fused-ring (bicyclic) bond motifs is 1. The molecule has 1 aliphatic carbocycles. The summed E-state index contributed by atoms with van der Waals surface area (Å²) >= 11 is 0. The second-order valence-electron chi connectivity index (χ2n) is 7.48. The summed E-state index contributed by atoms with van der Waals surface area (Å²) in [6, 6.07) is 12.7. The smallest absolute Gasteiger partial charge is 0.258 e. The van der Waals surface area contributed by atoms with Crippen LogP contribution in [0, 0.1) is 5.92 Å². The fourth-order valence-electron chi connectivity index (χ4n) is 3.30. The van der Waals surface area contributed by atoms with Crippen LogP contribution >= 0.6 is 0 Å². The van der Waals surface area contributed by atoms with Gasteiger partial charge in [-0.2, -0.15) is 0 Å². The van der Waals surface area contributed by atoms with Crippen molar-refractivity contribution in [3.05, 3.63) is 59.0 Å². The zero-order chi connectivity index (χ0) is 20.6. The summed E-state index contributed by atoms with van der Waals surface area (Å²) in [5.41, 5.74) is 1.98. The first kappa shape index (κ1) is 19.5. The van der Waals surface area contributed by atoms with Gasteiger partial charge in [-0.3, -0.25) is 9.52 Å². The van der Waals surface area contributed by atoms with E-state index in [2.05, 4.69) is 4.72 Å². The lowest BCUT2D eigenvalue weighted by atomic mass is 9.99. The highest BCUT2D eigenvalue weighted by molar-refractivity contribution is 7.92. The van der Waals surface area contributed by atoms with Gasteiger partial charge in [0.15, 0.2) is 0 Å². The Morgan fingerprint density at radius 3 is 2.52 bits per heavy atom. The first-order valence-electron chi connectivity index (χ1n) is 9.74. The number of hydrogen-bond donors (Lipinski definition) is 1. The molecule has 0 amide bonds. The maximum atomic E-state index is 12.6. The molecule has 1 aliphatic rings.